The van der Waals surface area contributed by atoms with Crippen molar-refractivity contribution >= 4 is 16.7 Å². The molecule has 156 valence electrons. The summed E-state index contributed by atoms with van der Waals surface area (Å²) in [5.74, 6) is 0.572. The molecule has 4 aromatic rings. The second kappa shape index (κ2) is 8.88. The molecule has 0 amide bonds. The minimum atomic E-state index is -0.337. The number of hydrogen-bond donors (Lipinski definition) is 1. The van der Waals surface area contributed by atoms with Gasteiger partial charge in [-0.15, -0.1) is 0 Å². The number of aryl methyl sites for hydroxylation is 2. The molecule has 0 aliphatic rings. The van der Waals surface area contributed by atoms with Gasteiger partial charge in [0.15, 0.2) is 0 Å². The van der Waals surface area contributed by atoms with Crippen molar-refractivity contribution in [1.82, 2.24) is 0 Å². The molecule has 0 saturated heterocycles. The molecule has 0 bridgehead atoms. The van der Waals surface area contributed by atoms with Gasteiger partial charge in [0.25, 0.3) is 0 Å². The summed E-state index contributed by atoms with van der Waals surface area (Å²) < 4.78 is 11.6. The molecule has 0 unspecified atom stereocenters. The average Bonchev–Trinajstić information content (AvgIpc) is 2.80. The van der Waals surface area contributed by atoms with Crippen LogP contribution in [0.1, 0.15) is 27.8 Å². The van der Waals surface area contributed by atoms with Crippen molar-refractivity contribution in [2.24, 2.45) is 5.16 Å². The highest BCUT2D eigenvalue weighted by atomic mass is 16.5. The summed E-state index contributed by atoms with van der Waals surface area (Å²) >= 11 is 0. The van der Waals surface area contributed by atoms with E-state index in [1.165, 1.54) is 0 Å². The fraction of sp³-hybridized carbons (Fsp3) is 0.154. The summed E-state index contributed by atoms with van der Waals surface area (Å²) in [6.07, 6.45) is 0.523. The third-order valence-corrected chi connectivity index (χ3v) is 5.47. The average molecular weight is 413 g/mol. The lowest BCUT2D eigenvalue weighted by Gasteiger charge is -2.14. The zero-order valence-electron chi connectivity index (χ0n) is 17.5. The molecule has 1 aromatic heterocycles. The van der Waals surface area contributed by atoms with Gasteiger partial charge in [0, 0.05) is 28.5 Å². The monoisotopic (exact) mass is 413 g/mol. The Hall–Kier alpha value is -3.86. The van der Waals surface area contributed by atoms with E-state index in [4.69, 9.17) is 9.15 Å². The van der Waals surface area contributed by atoms with Crippen molar-refractivity contribution in [3.8, 4) is 5.75 Å². The standard InChI is InChI=1S/C26H23NO4/c1-17-21-13-14-24(30-16-23(27-29)20-11-7-4-8-12-20)18(2)25(21)31-26(28)22(17)15-19-9-5-3-6-10-19/h3-14,29H,15-16H2,1-2H3/b27-23-. The van der Waals surface area contributed by atoms with E-state index in [1.54, 1.807) is 0 Å². The summed E-state index contributed by atoms with van der Waals surface area (Å²) in [5, 5.41) is 13.6. The van der Waals surface area contributed by atoms with Crippen LogP contribution >= 0.6 is 0 Å². The Morgan fingerprint density at radius 2 is 1.61 bits per heavy atom. The quantitative estimate of drug-likeness (QED) is 0.203. The maximum absolute atomic E-state index is 12.8. The topological polar surface area (TPSA) is 72.0 Å². The molecular weight excluding hydrogens is 390 g/mol. The maximum atomic E-state index is 12.8. The lowest BCUT2D eigenvalue weighted by Crippen LogP contribution is -2.14. The van der Waals surface area contributed by atoms with Crippen molar-refractivity contribution in [2.45, 2.75) is 20.3 Å². The van der Waals surface area contributed by atoms with Crippen LogP contribution in [-0.4, -0.2) is 17.5 Å². The molecule has 0 saturated carbocycles. The number of ether oxygens (including phenoxy) is 1. The highest BCUT2D eigenvalue weighted by Gasteiger charge is 2.16. The Morgan fingerprint density at radius 3 is 2.29 bits per heavy atom. The minimum Gasteiger partial charge on any atom is -0.487 e. The van der Waals surface area contributed by atoms with Crippen LogP contribution in [-0.2, 0) is 6.42 Å². The fourth-order valence-corrected chi connectivity index (χ4v) is 3.68. The van der Waals surface area contributed by atoms with Gasteiger partial charge in [0.2, 0.25) is 0 Å². The first kappa shape index (κ1) is 20.4. The summed E-state index contributed by atoms with van der Waals surface area (Å²) in [6, 6.07) is 23.0. The molecule has 1 N–H and O–H groups in total. The van der Waals surface area contributed by atoms with Gasteiger partial charge in [0.1, 0.15) is 23.7 Å². The number of benzene rings is 3. The summed E-state index contributed by atoms with van der Waals surface area (Å²) in [7, 11) is 0. The van der Waals surface area contributed by atoms with Gasteiger partial charge in [-0.2, -0.15) is 0 Å². The van der Waals surface area contributed by atoms with Crippen molar-refractivity contribution in [1.29, 1.82) is 0 Å². The Labute approximate surface area is 180 Å². The van der Waals surface area contributed by atoms with Gasteiger partial charge >= 0.3 is 5.63 Å². The zero-order chi connectivity index (χ0) is 21.8. The van der Waals surface area contributed by atoms with Crippen LogP contribution in [0.25, 0.3) is 11.0 Å². The van der Waals surface area contributed by atoms with Crippen LogP contribution < -0.4 is 10.4 Å². The van der Waals surface area contributed by atoms with Crippen molar-refractivity contribution in [3.05, 3.63) is 111 Å². The van der Waals surface area contributed by atoms with Crippen molar-refractivity contribution < 1.29 is 14.4 Å². The molecule has 3 aromatic carbocycles. The van der Waals surface area contributed by atoms with Crippen LogP contribution in [0.3, 0.4) is 0 Å². The fourth-order valence-electron chi connectivity index (χ4n) is 3.68. The molecule has 0 radical (unpaired) electrons. The van der Waals surface area contributed by atoms with E-state index in [1.807, 2.05) is 86.6 Å². The Bertz CT molecular complexity index is 1290. The second-order valence-corrected chi connectivity index (χ2v) is 7.42. The number of fused-ring (bicyclic) bond motifs is 1. The largest absolute Gasteiger partial charge is 0.487 e. The summed E-state index contributed by atoms with van der Waals surface area (Å²) in [4.78, 5) is 12.8. The lowest BCUT2D eigenvalue weighted by molar-refractivity contribution is 0.308. The molecule has 0 fully saturated rings. The van der Waals surface area contributed by atoms with Gasteiger partial charge in [0.05, 0.1) is 0 Å². The van der Waals surface area contributed by atoms with Crippen LogP contribution in [0.4, 0.5) is 0 Å². The normalized spacial score (nSPS) is 11.6. The lowest BCUT2D eigenvalue weighted by atomic mass is 9.98. The Morgan fingerprint density at radius 1 is 0.935 bits per heavy atom. The van der Waals surface area contributed by atoms with E-state index in [0.717, 1.165) is 27.6 Å². The first-order chi connectivity index (χ1) is 15.1. The molecule has 0 spiro atoms. The van der Waals surface area contributed by atoms with Crippen molar-refractivity contribution in [3.63, 3.8) is 0 Å². The van der Waals surface area contributed by atoms with Crippen molar-refractivity contribution in [2.75, 3.05) is 6.61 Å². The van der Waals surface area contributed by atoms with E-state index in [0.29, 0.717) is 29.0 Å². The van der Waals surface area contributed by atoms with Gasteiger partial charge in [-0.1, -0.05) is 65.8 Å². The van der Waals surface area contributed by atoms with E-state index in [9.17, 15) is 10.0 Å². The van der Waals surface area contributed by atoms with Gasteiger partial charge < -0.3 is 14.4 Å². The van der Waals surface area contributed by atoms with Crippen LogP contribution in [0.5, 0.6) is 5.75 Å². The van der Waals surface area contributed by atoms with Gasteiger partial charge in [-0.3, -0.25) is 0 Å². The second-order valence-electron chi connectivity index (χ2n) is 7.42. The minimum absolute atomic E-state index is 0.0855. The molecule has 5 nitrogen and oxygen atoms in total. The number of rotatable bonds is 6. The zero-order valence-corrected chi connectivity index (χ0v) is 17.5. The third-order valence-electron chi connectivity index (χ3n) is 5.47. The van der Waals surface area contributed by atoms with Crippen LogP contribution in [0.15, 0.2) is 87.2 Å². The van der Waals surface area contributed by atoms with E-state index >= 15 is 0 Å². The van der Waals surface area contributed by atoms with Crippen LogP contribution in [0.2, 0.25) is 0 Å². The first-order valence-electron chi connectivity index (χ1n) is 10.1. The highest BCUT2D eigenvalue weighted by Crippen LogP contribution is 2.30. The highest BCUT2D eigenvalue weighted by molar-refractivity contribution is 6.01. The van der Waals surface area contributed by atoms with Gasteiger partial charge in [-0.25, -0.2) is 4.79 Å². The molecule has 0 aliphatic heterocycles. The Kier molecular flexibility index (Phi) is 5.85. The molecule has 31 heavy (non-hydrogen) atoms. The Balaban J connectivity index is 1.65. The van der Waals surface area contributed by atoms with E-state index < -0.39 is 0 Å². The molecule has 1 heterocycles. The molecule has 4 rings (SSSR count). The van der Waals surface area contributed by atoms with Crippen LogP contribution in [0, 0.1) is 13.8 Å². The number of oxime groups is 1. The molecule has 0 aliphatic carbocycles. The smallest absolute Gasteiger partial charge is 0.340 e. The SMILES string of the molecule is Cc1c(Cc2ccccc2)c(=O)oc2c(C)c(OC/C(=N/O)c3ccccc3)ccc12. The van der Waals surface area contributed by atoms with E-state index in [2.05, 4.69) is 5.16 Å². The third kappa shape index (κ3) is 4.21. The number of nitrogens with zero attached hydrogens (tertiary/aromatic N) is 1. The molecule has 5 heteroatoms. The summed E-state index contributed by atoms with van der Waals surface area (Å²) in [6.45, 7) is 3.89. The predicted molar refractivity (Wildman–Crippen MR) is 121 cm³/mol. The first-order valence-corrected chi connectivity index (χ1v) is 10.1. The van der Waals surface area contributed by atoms with Gasteiger partial charge in [-0.05, 0) is 37.1 Å². The predicted octanol–water partition coefficient (Wildman–Crippen LogP) is 5.26. The number of hydrogen-bond acceptors (Lipinski definition) is 5. The summed E-state index contributed by atoms with van der Waals surface area (Å²) in [5.41, 5.74) is 4.72. The maximum Gasteiger partial charge on any atom is 0.340 e. The van der Waals surface area contributed by atoms with E-state index in [-0.39, 0.29) is 12.2 Å². The molecule has 0 atom stereocenters. The molecular formula is C26H23NO4.